The molecule has 0 radical (unpaired) electrons. The van der Waals surface area contributed by atoms with Crippen LogP contribution in [0.15, 0.2) is 18.2 Å². The number of halogens is 5. The molecule has 0 spiro atoms. The molecule has 0 saturated heterocycles. The van der Waals surface area contributed by atoms with Crippen LogP contribution in [-0.4, -0.2) is 62.5 Å². The predicted octanol–water partition coefficient (Wildman–Crippen LogP) is 3.69. The average Bonchev–Trinajstić information content (AvgIpc) is 2.80. The summed E-state index contributed by atoms with van der Waals surface area (Å²) < 4.78 is 60.0. The zero-order chi connectivity index (χ0) is 27.2. The Bertz CT molecular complexity index is 1100. The van der Waals surface area contributed by atoms with Gasteiger partial charge in [0.2, 0.25) is 0 Å². The van der Waals surface area contributed by atoms with E-state index in [1.165, 1.54) is 27.0 Å². The van der Waals surface area contributed by atoms with Gasteiger partial charge in [-0.1, -0.05) is 11.6 Å². The molecule has 2 rings (SSSR count). The number of carbonyl (C=O) groups excluding carboxylic acids is 1. The molecule has 1 atom stereocenters. The number of pyridine rings is 1. The molecule has 0 fully saturated rings. The largest absolute Gasteiger partial charge is 0.420 e. The quantitative estimate of drug-likeness (QED) is 0.159. The van der Waals surface area contributed by atoms with Crippen LogP contribution < -0.4 is 25.2 Å². The smallest absolute Gasteiger partial charge is 0.407 e. The number of aliphatic hydroxyl groups is 1. The molecule has 1 unspecified atom stereocenters. The number of benzene rings is 1. The Morgan fingerprint density at radius 2 is 2.00 bits per heavy atom. The van der Waals surface area contributed by atoms with E-state index in [4.69, 9.17) is 21.7 Å². The normalized spacial score (nSPS) is 12.3. The maximum Gasteiger partial charge on any atom is 0.420 e. The Morgan fingerprint density at radius 1 is 1.33 bits per heavy atom. The highest BCUT2D eigenvalue weighted by Gasteiger charge is 2.37. The molecule has 14 heteroatoms. The van der Waals surface area contributed by atoms with E-state index in [0.29, 0.717) is 6.34 Å². The Balaban J connectivity index is 2.47. The first kappa shape index (κ1) is 29.2. The summed E-state index contributed by atoms with van der Waals surface area (Å²) in [6, 6.07) is 3.08. The van der Waals surface area contributed by atoms with Crippen LogP contribution in [-0.2, 0) is 6.18 Å². The van der Waals surface area contributed by atoms with Crippen LogP contribution >= 0.6 is 11.6 Å². The van der Waals surface area contributed by atoms with E-state index < -0.39 is 34.8 Å². The van der Waals surface area contributed by atoms with Crippen molar-refractivity contribution in [2.45, 2.75) is 26.1 Å². The minimum atomic E-state index is -4.82. The van der Waals surface area contributed by atoms with Gasteiger partial charge in [-0.05, 0) is 44.7 Å². The van der Waals surface area contributed by atoms with Crippen molar-refractivity contribution in [2.75, 3.05) is 43.7 Å². The molecule has 0 aliphatic heterocycles. The molecule has 36 heavy (non-hydrogen) atoms. The van der Waals surface area contributed by atoms with Crippen LogP contribution in [0, 0.1) is 25.1 Å². The number of carbonyl (C=O) groups is 1. The van der Waals surface area contributed by atoms with Gasteiger partial charge >= 0.3 is 12.3 Å². The van der Waals surface area contributed by atoms with Gasteiger partial charge in [0.25, 0.3) is 0 Å². The van der Waals surface area contributed by atoms with E-state index in [2.05, 4.69) is 15.6 Å². The molecule has 1 amide bonds. The first-order valence-corrected chi connectivity index (χ1v) is 11.0. The fourth-order valence-electron chi connectivity index (χ4n) is 3.17. The van der Waals surface area contributed by atoms with Crippen molar-refractivity contribution in [3.8, 4) is 5.75 Å². The second-order valence-corrected chi connectivity index (χ2v) is 8.19. The molecular weight excluding hydrogens is 508 g/mol. The lowest BCUT2D eigenvalue weighted by Gasteiger charge is -2.27. The van der Waals surface area contributed by atoms with Crippen molar-refractivity contribution in [1.82, 2.24) is 15.6 Å². The zero-order valence-electron chi connectivity index (χ0n) is 20.0. The Kier molecular flexibility index (Phi) is 9.99. The number of hydrogen-bond donors (Lipinski definition) is 4. The molecule has 0 aliphatic rings. The molecule has 0 bridgehead atoms. The number of aryl methyl sites for hydroxylation is 2. The van der Waals surface area contributed by atoms with Gasteiger partial charge in [-0.3, -0.25) is 15.6 Å². The van der Waals surface area contributed by atoms with Crippen molar-refractivity contribution in [3.05, 3.63) is 45.9 Å². The number of aromatic nitrogens is 1. The number of aliphatic hydroxyl groups excluding tert-OH is 1. The van der Waals surface area contributed by atoms with Gasteiger partial charge < -0.3 is 20.1 Å². The number of hydrogen-bond acceptors (Lipinski definition) is 7. The van der Waals surface area contributed by atoms with Gasteiger partial charge in [0.05, 0.1) is 35.4 Å². The number of alkyl halides is 3. The maximum absolute atomic E-state index is 13.7. The van der Waals surface area contributed by atoms with Crippen LogP contribution in [0.2, 0.25) is 5.02 Å². The highest BCUT2D eigenvalue weighted by molar-refractivity contribution is 6.35. The van der Waals surface area contributed by atoms with Crippen molar-refractivity contribution in [1.29, 1.82) is 5.41 Å². The van der Waals surface area contributed by atoms with Gasteiger partial charge in [0, 0.05) is 20.1 Å². The lowest BCUT2D eigenvalue weighted by Crippen LogP contribution is -2.40. The third-order valence-corrected chi connectivity index (χ3v) is 5.42. The lowest BCUT2D eigenvalue weighted by atomic mass is 10.1. The molecular formula is C22H27ClF4N6O3. The van der Waals surface area contributed by atoms with Crippen LogP contribution in [0.3, 0.4) is 0 Å². The van der Waals surface area contributed by atoms with Crippen LogP contribution in [0.4, 0.5) is 33.9 Å². The third-order valence-electron chi connectivity index (χ3n) is 5.04. The topological polar surface area (TPSA) is 114 Å². The number of rotatable bonds is 10. The lowest BCUT2D eigenvalue weighted by molar-refractivity contribution is -0.137. The summed E-state index contributed by atoms with van der Waals surface area (Å²) in [5.41, 5.74) is -1.60. The standard InChI is InChI=1S/C22H27ClF4N6O3/c1-12-7-15(22(25,26)27)18(23)19(33(10-28)11-30-9-14(34)8-29-3)20(12)36-21(35)32(4)17-6-5-16(24)13(2)31-17/h5-7,10,14,28-30,34H,8-9,11H2,1-4H3. The highest BCUT2D eigenvalue weighted by Crippen LogP contribution is 2.46. The van der Waals surface area contributed by atoms with E-state index in [-0.39, 0.29) is 48.3 Å². The molecule has 198 valence electrons. The minimum Gasteiger partial charge on any atom is -0.407 e. The fraction of sp³-hybridized carbons (Fsp3) is 0.409. The average molecular weight is 535 g/mol. The summed E-state index contributed by atoms with van der Waals surface area (Å²) >= 11 is 6.14. The molecule has 1 aromatic heterocycles. The highest BCUT2D eigenvalue weighted by atomic mass is 35.5. The van der Waals surface area contributed by atoms with Crippen LogP contribution in [0.25, 0.3) is 0 Å². The Morgan fingerprint density at radius 3 is 2.56 bits per heavy atom. The van der Waals surface area contributed by atoms with Gasteiger partial charge in [0.1, 0.15) is 17.3 Å². The second-order valence-electron chi connectivity index (χ2n) is 7.82. The third kappa shape index (κ3) is 7.03. The van der Waals surface area contributed by atoms with E-state index in [1.54, 1.807) is 7.05 Å². The van der Waals surface area contributed by atoms with Crippen molar-refractivity contribution < 1.29 is 32.2 Å². The summed E-state index contributed by atoms with van der Waals surface area (Å²) in [5, 5.41) is 22.4. The Labute approximate surface area is 210 Å². The number of nitrogens with zero attached hydrogens (tertiary/aromatic N) is 3. The molecule has 0 aliphatic carbocycles. The number of likely N-dealkylation sites (N-methyl/N-ethyl adjacent to an activating group) is 1. The van der Waals surface area contributed by atoms with Crippen LogP contribution in [0.5, 0.6) is 5.75 Å². The van der Waals surface area contributed by atoms with E-state index in [9.17, 15) is 27.5 Å². The summed E-state index contributed by atoms with van der Waals surface area (Å²) in [7, 11) is 2.93. The van der Waals surface area contributed by atoms with E-state index in [1.807, 2.05) is 0 Å². The molecule has 1 heterocycles. The van der Waals surface area contributed by atoms with Gasteiger partial charge in [-0.25, -0.2) is 14.2 Å². The van der Waals surface area contributed by atoms with E-state index >= 15 is 0 Å². The van der Waals surface area contributed by atoms with Gasteiger partial charge in [-0.15, -0.1) is 0 Å². The van der Waals surface area contributed by atoms with E-state index in [0.717, 1.165) is 21.9 Å². The number of ether oxygens (including phenoxy) is 1. The second kappa shape index (κ2) is 12.3. The molecule has 2 aromatic rings. The van der Waals surface area contributed by atoms with Gasteiger partial charge in [0.15, 0.2) is 5.75 Å². The number of anilines is 2. The number of amides is 1. The van der Waals surface area contributed by atoms with Crippen molar-refractivity contribution in [2.24, 2.45) is 0 Å². The summed E-state index contributed by atoms with van der Waals surface area (Å²) in [4.78, 5) is 18.8. The molecule has 4 N–H and O–H groups in total. The predicted molar refractivity (Wildman–Crippen MR) is 129 cm³/mol. The van der Waals surface area contributed by atoms with Crippen LogP contribution in [0.1, 0.15) is 16.8 Å². The first-order valence-electron chi connectivity index (χ1n) is 10.6. The first-order chi connectivity index (χ1) is 16.8. The zero-order valence-corrected chi connectivity index (χ0v) is 20.8. The van der Waals surface area contributed by atoms with Gasteiger partial charge in [-0.2, -0.15) is 13.2 Å². The SMILES string of the molecule is CNCC(O)CNCN(C=N)c1c(Cl)c(C(F)(F)F)cc(C)c1OC(=O)N(C)c1ccc(F)c(C)n1. The summed E-state index contributed by atoms with van der Waals surface area (Å²) in [6.07, 6.45) is -5.95. The summed E-state index contributed by atoms with van der Waals surface area (Å²) in [5.74, 6) is -0.855. The number of nitrogens with one attached hydrogen (secondary N) is 3. The molecule has 1 aromatic carbocycles. The molecule has 9 nitrogen and oxygen atoms in total. The Hall–Kier alpha value is -3.00. The maximum atomic E-state index is 13.7. The minimum absolute atomic E-state index is 0.0307. The van der Waals surface area contributed by atoms with Crippen molar-refractivity contribution >= 4 is 35.5 Å². The molecule has 0 saturated carbocycles. The van der Waals surface area contributed by atoms with Crippen molar-refractivity contribution in [3.63, 3.8) is 0 Å². The monoisotopic (exact) mass is 534 g/mol. The summed E-state index contributed by atoms with van der Waals surface area (Å²) in [6.45, 7) is 2.77. The fourth-order valence-corrected chi connectivity index (χ4v) is 3.52.